The number of carbonyl (C=O) groups is 4. The van der Waals surface area contributed by atoms with Gasteiger partial charge in [-0.3, -0.25) is 14.4 Å². The van der Waals surface area contributed by atoms with Gasteiger partial charge in [-0.25, -0.2) is 9.78 Å². The first-order chi connectivity index (χ1) is 13.7. The van der Waals surface area contributed by atoms with Gasteiger partial charge in [-0.1, -0.05) is 13.8 Å². The van der Waals surface area contributed by atoms with Crippen LogP contribution in [0, 0.1) is 5.92 Å². The molecule has 1 saturated heterocycles. The number of nitrogens with one attached hydrogen (secondary N) is 3. The number of aromatic nitrogens is 2. The van der Waals surface area contributed by atoms with E-state index >= 15 is 0 Å². The zero-order valence-corrected chi connectivity index (χ0v) is 16.6. The molecule has 29 heavy (non-hydrogen) atoms. The molecule has 0 aliphatic carbocycles. The highest BCUT2D eigenvalue weighted by Crippen LogP contribution is 2.20. The van der Waals surface area contributed by atoms with Crippen LogP contribution in [0.15, 0.2) is 12.5 Å². The van der Waals surface area contributed by atoms with Gasteiger partial charge in [-0.15, -0.1) is 0 Å². The predicted molar refractivity (Wildman–Crippen MR) is 102 cm³/mol. The van der Waals surface area contributed by atoms with Crippen molar-refractivity contribution in [2.24, 2.45) is 11.7 Å². The lowest BCUT2D eigenvalue weighted by Gasteiger charge is -2.30. The molecule has 0 spiro atoms. The molecule has 1 aromatic rings. The van der Waals surface area contributed by atoms with Crippen LogP contribution in [-0.4, -0.2) is 74.9 Å². The van der Waals surface area contributed by atoms with Crippen molar-refractivity contribution in [1.29, 1.82) is 0 Å². The summed E-state index contributed by atoms with van der Waals surface area (Å²) in [5.41, 5.74) is 5.96. The number of aromatic amines is 1. The molecule has 1 aliphatic rings. The van der Waals surface area contributed by atoms with E-state index in [0.717, 1.165) is 0 Å². The lowest BCUT2D eigenvalue weighted by molar-refractivity contribution is -0.150. The summed E-state index contributed by atoms with van der Waals surface area (Å²) in [5, 5.41) is 14.6. The SMILES string of the molecule is CC(C)C(NC(=O)C(Cc1cnc[nH]1)NC(=O)CN)C(=O)N1CCCC1C(=O)O. The van der Waals surface area contributed by atoms with E-state index in [1.807, 2.05) is 0 Å². The topological polar surface area (TPSA) is 171 Å². The van der Waals surface area contributed by atoms with Crippen molar-refractivity contribution >= 4 is 23.7 Å². The molecule has 1 aliphatic heterocycles. The highest BCUT2D eigenvalue weighted by molar-refractivity contribution is 5.94. The van der Waals surface area contributed by atoms with Gasteiger partial charge >= 0.3 is 5.97 Å². The number of likely N-dealkylation sites (tertiary alicyclic amines) is 1. The first kappa shape index (κ1) is 22.3. The number of nitrogens with zero attached hydrogens (tertiary/aromatic N) is 2. The molecule has 1 fully saturated rings. The van der Waals surface area contributed by atoms with Gasteiger partial charge in [0.25, 0.3) is 0 Å². The molecule has 2 heterocycles. The van der Waals surface area contributed by atoms with Crippen LogP contribution in [0.5, 0.6) is 0 Å². The third-order valence-electron chi connectivity index (χ3n) is 4.87. The Balaban J connectivity index is 2.15. The first-order valence-electron chi connectivity index (χ1n) is 9.55. The van der Waals surface area contributed by atoms with Crippen LogP contribution >= 0.6 is 0 Å². The molecule has 3 unspecified atom stereocenters. The zero-order valence-electron chi connectivity index (χ0n) is 16.6. The Kier molecular flexibility index (Phi) is 7.71. The van der Waals surface area contributed by atoms with E-state index in [-0.39, 0.29) is 18.9 Å². The van der Waals surface area contributed by atoms with Crippen LogP contribution < -0.4 is 16.4 Å². The highest BCUT2D eigenvalue weighted by atomic mass is 16.4. The number of carboxylic acid groups (broad SMARTS) is 1. The van der Waals surface area contributed by atoms with Crippen LogP contribution in [-0.2, 0) is 25.6 Å². The van der Waals surface area contributed by atoms with E-state index in [1.165, 1.54) is 17.4 Å². The number of hydrogen-bond donors (Lipinski definition) is 5. The molecule has 0 bridgehead atoms. The third kappa shape index (κ3) is 5.76. The maximum absolute atomic E-state index is 13.0. The van der Waals surface area contributed by atoms with E-state index in [4.69, 9.17) is 5.73 Å². The van der Waals surface area contributed by atoms with Crippen LogP contribution in [0.4, 0.5) is 0 Å². The van der Waals surface area contributed by atoms with E-state index in [9.17, 15) is 24.3 Å². The number of aliphatic carboxylic acids is 1. The summed E-state index contributed by atoms with van der Waals surface area (Å²) in [5.74, 6) is -2.85. The quantitative estimate of drug-likeness (QED) is 0.335. The van der Waals surface area contributed by atoms with Crippen LogP contribution in [0.3, 0.4) is 0 Å². The molecule has 6 N–H and O–H groups in total. The molecule has 11 heteroatoms. The number of amides is 3. The van der Waals surface area contributed by atoms with Crippen molar-refractivity contribution in [1.82, 2.24) is 25.5 Å². The first-order valence-corrected chi connectivity index (χ1v) is 9.55. The van der Waals surface area contributed by atoms with Gasteiger partial charge in [-0.05, 0) is 18.8 Å². The van der Waals surface area contributed by atoms with Gasteiger partial charge in [0, 0.05) is 24.9 Å². The second kappa shape index (κ2) is 10.0. The summed E-state index contributed by atoms with van der Waals surface area (Å²) in [4.78, 5) is 57.1. The number of rotatable bonds is 9. The second-order valence-electron chi connectivity index (χ2n) is 7.36. The standard InChI is InChI=1S/C18H28N6O5/c1-10(2)15(17(27)24-5-3-4-13(24)18(28)29)23-16(26)12(22-14(25)7-19)6-11-8-20-9-21-11/h8-10,12-13,15H,3-7,19H2,1-2H3,(H,20,21)(H,22,25)(H,23,26)(H,28,29). The van der Waals surface area contributed by atoms with Gasteiger partial charge in [0.1, 0.15) is 18.1 Å². The van der Waals surface area contributed by atoms with E-state index in [1.54, 1.807) is 13.8 Å². The Hall–Kier alpha value is -2.95. The molecular weight excluding hydrogens is 380 g/mol. The summed E-state index contributed by atoms with van der Waals surface area (Å²) in [6.07, 6.45) is 4.10. The monoisotopic (exact) mass is 408 g/mol. The zero-order chi connectivity index (χ0) is 21.6. The van der Waals surface area contributed by atoms with Crippen LogP contribution in [0.2, 0.25) is 0 Å². The summed E-state index contributed by atoms with van der Waals surface area (Å²) in [6, 6.07) is -2.77. The number of carboxylic acids is 1. The van der Waals surface area contributed by atoms with Crippen LogP contribution in [0.1, 0.15) is 32.4 Å². The van der Waals surface area contributed by atoms with Crippen LogP contribution in [0.25, 0.3) is 0 Å². The number of H-pyrrole nitrogens is 1. The fraction of sp³-hybridized carbons (Fsp3) is 0.611. The van der Waals surface area contributed by atoms with Gasteiger partial charge in [0.05, 0.1) is 12.9 Å². The fourth-order valence-corrected chi connectivity index (χ4v) is 3.31. The molecule has 160 valence electrons. The molecule has 3 amide bonds. The number of nitrogens with two attached hydrogens (primary N) is 1. The number of hydrogen-bond acceptors (Lipinski definition) is 6. The molecule has 0 saturated carbocycles. The lowest BCUT2D eigenvalue weighted by Crippen LogP contribution is -2.58. The van der Waals surface area contributed by atoms with Crippen molar-refractivity contribution < 1.29 is 24.3 Å². The molecule has 0 aromatic carbocycles. The molecule has 2 rings (SSSR count). The molecular formula is C18H28N6O5. The molecule has 1 aromatic heterocycles. The summed E-state index contributed by atoms with van der Waals surface area (Å²) >= 11 is 0. The maximum Gasteiger partial charge on any atom is 0.326 e. The van der Waals surface area contributed by atoms with E-state index < -0.39 is 41.8 Å². The predicted octanol–water partition coefficient (Wildman–Crippen LogP) is -1.39. The smallest absolute Gasteiger partial charge is 0.326 e. The average Bonchev–Trinajstić information content (AvgIpc) is 3.36. The van der Waals surface area contributed by atoms with Crippen molar-refractivity contribution in [3.63, 3.8) is 0 Å². The minimum absolute atomic E-state index is 0.137. The summed E-state index contributed by atoms with van der Waals surface area (Å²) in [7, 11) is 0. The number of carbonyl (C=O) groups excluding carboxylic acids is 3. The Bertz CT molecular complexity index is 735. The van der Waals surface area contributed by atoms with Crippen molar-refractivity contribution in [2.45, 2.75) is 51.2 Å². The van der Waals surface area contributed by atoms with Gasteiger partial charge in [-0.2, -0.15) is 0 Å². The molecule has 0 radical (unpaired) electrons. The Morgan fingerprint density at radius 3 is 2.62 bits per heavy atom. The fourth-order valence-electron chi connectivity index (χ4n) is 3.31. The van der Waals surface area contributed by atoms with Gasteiger partial charge < -0.3 is 31.4 Å². The average molecular weight is 408 g/mol. The van der Waals surface area contributed by atoms with Crippen molar-refractivity contribution in [3.8, 4) is 0 Å². The molecule has 3 atom stereocenters. The maximum atomic E-state index is 13.0. The Labute approximate surface area is 168 Å². The second-order valence-corrected chi connectivity index (χ2v) is 7.36. The van der Waals surface area contributed by atoms with E-state index in [0.29, 0.717) is 25.1 Å². The van der Waals surface area contributed by atoms with Gasteiger partial charge in [0.2, 0.25) is 17.7 Å². The van der Waals surface area contributed by atoms with Crippen molar-refractivity contribution in [2.75, 3.05) is 13.1 Å². The normalized spacial score (nSPS) is 18.3. The minimum Gasteiger partial charge on any atom is -0.480 e. The third-order valence-corrected chi connectivity index (χ3v) is 4.87. The number of imidazole rings is 1. The minimum atomic E-state index is -1.06. The molecule has 11 nitrogen and oxygen atoms in total. The van der Waals surface area contributed by atoms with Gasteiger partial charge in [0.15, 0.2) is 0 Å². The van der Waals surface area contributed by atoms with Crippen molar-refractivity contribution in [3.05, 3.63) is 18.2 Å². The Morgan fingerprint density at radius 1 is 1.34 bits per heavy atom. The Morgan fingerprint density at radius 2 is 2.07 bits per heavy atom. The van der Waals surface area contributed by atoms with E-state index in [2.05, 4.69) is 20.6 Å². The highest BCUT2D eigenvalue weighted by Gasteiger charge is 2.39. The lowest BCUT2D eigenvalue weighted by atomic mass is 10.0. The summed E-state index contributed by atoms with van der Waals surface area (Å²) in [6.45, 7) is 3.57. The summed E-state index contributed by atoms with van der Waals surface area (Å²) < 4.78 is 0. The largest absolute Gasteiger partial charge is 0.480 e.